The predicted octanol–water partition coefficient (Wildman–Crippen LogP) is 1.87. The standard InChI is InChI=1S/C15H19NO5S/c1-20-14-10-12(8-9-13(14)15(17)21-2)22(18,19)16-11-6-4-3-5-7-11/h3-4,8-11,16H,5-7H2,1-2H3/t11-/m0/s1. The van der Waals surface area contributed by atoms with Crippen LogP contribution in [0.4, 0.5) is 0 Å². The first-order chi connectivity index (χ1) is 10.5. The average Bonchev–Trinajstić information content (AvgIpc) is 2.54. The number of carbonyl (C=O) groups excluding carboxylic acids is 1. The Hall–Kier alpha value is -1.86. The van der Waals surface area contributed by atoms with E-state index in [9.17, 15) is 13.2 Å². The van der Waals surface area contributed by atoms with Crippen molar-refractivity contribution in [2.24, 2.45) is 0 Å². The van der Waals surface area contributed by atoms with Gasteiger partial charge in [-0.2, -0.15) is 0 Å². The third-order valence-corrected chi connectivity index (χ3v) is 5.00. The number of hydrogen-bond acceptors (Lipinski definition) is 5. The number of carbonyl (C=O) groups is 1. The van der Waals surface area contributed by atoms with Gasteiger partial charge in [-0.25, -0.2) is 17.9 Å². The van der Waals surface area contributed by atoms with Gasteiger partial charge in [-0.05, 0) is 31.4 Å². The first-order valence-corrected chi connectivity index (χ1v) is 8.40. The second-order valence-electron chi connectivity index (χ2n) is 4.96. The Bertz CT molecular complexity index is 681. The van der Waals surface area contributed by atoms with Crippen molar-refractivity contribution in [3.8, 4) is 5.75 Å². The number of rotatable bonds is 5. The molecule has 0 amide bonds. The summed E-state index contributed by atoms with van der Waals surface area (Å²) in [5.74, 6) is -0.413. The monoisotopic (exact) mass is 325 g/mol. The molecule has 1 aromatic rings. The molecule has 7 heteroatoms. The minimum absolute atomic E-state index is 0.0616. The van der Waals surface area contributed by atoms with E-state index in [2.05, 4.69) is 9.46 Å². The Morgan fingerprint density at radius 1 is 1.27 bits per heavy atom. The Balaban J connectivity index is 2.27. The molecule has 0 heterocycles. The van der Waals surface area contributed by atoms with Gasteiger partial charge in [-0.15, -0.1) is 0 Å². The van der Waals surface area contributed by atoms with Gasteiger partial charge in [0.15, 0.2) is 0 Å². The molecule has 0 fully saturated rings. The zero-order chi connectivity index (χ0) is 16.2. The van der Waals surface area contributed by atoms with Crippen molar-refractivity contribution in [2.75, 3.05) is 14.2 Å². The lowest BCUT2D eigenvalue weighted by atomic mass is 10.0. The molecule has 1 aliphatic carbocycles. The summed E-state index contributed by atoms with van der Waals surface area (Å²) in [6, 6.07) is 3.98. The topological polar surface area (TPSA) is 81.7 Å². The van der Waals surface area contributed by atoms with Gasteiger partial charge in [-0.1, -0.05) is 12.2 Å². The summed E-state index contributed by atoms with van der Waals surface area (Å²) < 4.78 is 37.2. The van der Waals surface area contributed by atoms with E-state index in [-0.39, 0.29) is 22.3 Å². The molecule has 0 saturated carbocycles. The van der Waals surface area contributed by atoms with E-state index < -0.39 is 16.0 Å². The lowest BCUT2D eigenvalue weighted by Gasteiger charge is -2.19. The number of sulfonamides is 1. The van der Waals surface area contributed by atoms with Crippen molar-refractivity contribution < 1.29 is 22.7 Å². The van der Waals surface area contributed by atoms with Crippen molar-refractivity contribution >= 4 is 16.0 Å². The third-order valence-electron chi connectivity index (χ3n) is 3.48. The number of esters is 1. The summed E-state index contributed by atoms with van der Waals surface area (Å²) in [7, 11) is -1.03. The van der Waals surface area contributed by atoms with Gasteiger partial charge in [0, 0.05) is 12.1 Å². The normalized spacial score (nSPS) is 18.0. The molecular formula is C15H19NO5S. The van der Waals surface area contributed by atoms with Crippen molar-refractivity contribution in [3.63, 3.8) is 0 Å². The highest BCUT2D eigenvalue weighted by Crippen LogP contribution is 2.24. The maximum atomic E-state index is 12.4. The molecule has 0 radical (unpaired) electrons. The van der Waals surface area contributed by atoms with E-state index >= 15 is 0 Å². The number of methoxy groups -OCH3 is 2. The van der Waals surface area contributed by atoms with Crippen molar-refractivity contribution in [1.82, 2.24) is 4.72 Å². The van der Waals surface area contributed by atoms with E-state index in [1.54, 1.807) is 0 Å². The predicted molar refractivity (Wildman–Crippen MR) is 81.4 cm³/mol. The minimum atomic E-state index is -3.66. The smallest absolute Gasteiger partial charge is 0.341 e. The Kier molecular flexibility index (Phi) is 5.20. The average molecular weight is 325 g/mol. The first-order valence-electron chi connectivity index (χ1n) is 6.91. The van der Waals surface area contributed by atoms with E-state index in [1.807, 2.05) is 12.2 Å². The quantitative estimate of drug-likeness (QED) is 0.660. The number of hydrogen-bond donors (Lipinski definition) is 1. The summed E-state index contributed by atoms with van der Waals surface area (Å²) in [4.78, 5) is 11.7. The van der Waals surface area contributed by atoms with Crippen molar-refractivity contribution in [2.45, 2.75) is 30.2 Å². The number of allylic oxidation sites excluding steroid dienone is 1. The van der Waals surface area contributed by atoms with Gasteiger partial charge < -0.3 is 9.47 Å². The van der Waals surface area contributed by atoms with Crippen LogP contribution in [0.1, 0.15) is 29.6 Å². The number of ether oxygens (including phenoxy) is 2. The van der Waals surface area contributed by atoms with Crippen LogP contribution in [0.3, 0.4) is 0 Å². The molecule has 0 unspecified atom stereocenters. The van der Waals surface area contributed by atoms with Crippen LogP contribution in [0.5, 0.6) is 5.75 Å². The van der Waals surface area contributed by atoms with Gasteiger partial charge in [0.25, 0.3) is 0 Å². The van der Waals surface area contributed by atoms with Crippen molar-refractivity contribution in [1.29, 1.82) is 0 Å². The number of benzene rings is 1. The number of nitrogens with one attached hydrogen (secondary N) is 1. The fourth-order valence-corrected chi connectivity index (χ4v) is 3.60. The molecule has 0 aromatic heterocycles. The summed E-state index contributed by atoms with van der Waals surface area (Å²) in [6.45, 7) is 0. The summed E-state index contributed by atoms with van der Waals surface area (Å²) in [5.41, 5.74) is 0.185. The van der Waals surface area contributed by atoms with Crippen molar-refractivity contribution in [3.05, 3.63) is 35.9 Å². The molecule has 0 saturated heterocycles. The van der Waals surface area contributed by atoms with E-state index in [0.717, 1.165) is 12.8 Å². The van der Waals surface area contributed by atoms with Gasteiger partial charge in [-0.3, -0.25) is 0 Å². The van der Waals surface area contributed by atoms with Crippen LogP contribution in [0.2, 0.25) is 0 Å². The summed E-state index contributed by atoms with van der Waals surface area (Å²) in [6.07, 6.45) is 6.32. The van der Waals surface area contributed by atoms with E-state index in [4.69, 9.17) is 4.74 Å². The second-order valence-corrected chi connectivity index (χ2v) is 6.67. The van der Waals surface area contributed by atoms with Gasteiger partial charge >= 0.3 is 5.97 Å². The maximum absolute atomic E-state index is 12.4. The summed E-state index contributed by atoms with van der Waals surface area (Å²) >= 11 is 0. The van der Waals surface area contributed by atoms with Crippen LogP contribution in [0, 0.1) is 0 Å². The van der Waals surface area contributed by atoms with Crippen LogP contribution in [-0.4, -0.2) is 34.6 Å². The Labute approximate surface area is 130 Å². The molecule has 22 heavy (non-hydrogen) atoms. The zero-order valence-corrected chi connectivity index (χ0v) is 13.4. The molecule has 1 aliphatic rings. The van der Waals surface area contributed by atoms with E-state index in [0.29, 0.717) is 6.42 Å². The fraction of sp³-hybridized carbons (Fsp3) is 0.400. The van der Waals surface area contributed by atoms with Gasteiger partial charge in [0.05, 0.1) is 19.1 Å². The Morgan fingerprint density at radius 2 is 2.05 bits per heavy atom. The highest BCUT2D eigenvalue weighted by Gasteiger charge is 2.23. The molecule has 1 aromatic carbocycles. The molecule has 0 aliphatic heterocycles. The summed E-state index contributed by atoms with van der Waals surface area (Å²) in [5, 5.41) is 0. The molecule has 0 spiro atoms. The van der Waals surface area contributed by atoms with Gasteiger partial charge in [0.1, 0.15) is 11.3 Å². The lowest BCUT2D eigenvalue weighted by molar-refractivity contribution is 0.0597. The van der Waals surface area contributed by atoms with Crippen LogP contribution in [0.15, 0.2) is 35.2 Å². The lowest BCUT2D eigenvalue weighted by Crippen LogP contribution is -2.35. The zero-order valence-electron chi connectivity index (χ0n) is 12.5. The molecule has 0 bridgehead atoms. The molecule has 1 N–H and O–H groups in total. The van der Waals surface area contributed by atoms with Crippen LogP contribution in [-0.2, 0) is 14.8 Å². The van der Waals surface area contributed by atoms with Crippen LogP contribution >= 0.6 is 0 Å². The first kappa shape index (κ1) is 16.5. The molecule has 1 atom stereocenters. The molecular weight excluding hydrogens is 306 g/mol. The van der Waals surface area contributed by atoms with E-state index in [1.165, 1.54) is 32.4 Å². The molecule has 120 valence electrons. The molecule has 6 nitrogen and oxygen atoms in total. The highest BCUT2D eigenvalue weighted by atomic mass is 32.2. The third kappa shape index (κ3) is 3.66. The van der Waals surface area contributed by atoms with Crippen LogP contribution < -0.4 is 9.46 Å². The Morgan fingerprint density at radius 3 is 2.64 bits per heavy atom. The minimum Gasteiger partial charge on any atom is -0.496 e. The highest BCUT2D eigenvalue weighted by molar-refractivity contribution is 7.89. The van der Waals surface area contributed by atoms with Crippen LogP contribution in [0.25, 0.3) is 0 Å². The fourth-order valence-electron chi connectivity index (χ4n) is 2.31. The maximum Gasteiger partial charge on any atom is 0.341 e. The second kappa shape index (κ2) is 6.93. The SMILES string of the molecule is COC(=O)c1ccc(S(=O)(=O)N[C@H]2CC=CCC2)cc1OC. The largest absolute Gasteiger partial charge is 0.496 e. The molecule has 2 rings (SSSR count). The van der Waals surface area contributed by atoms with Gasteiger partial charge in [0.2, 0.25) is 10.0 Å².